The van der Waals surface area contributed by atoms with Gasteiger partial charge in [-0.15, -0.1) is 0 Å². The standard InChI is InChI=1S/C17H11BrF4N5P/c1-28-27-15-7-5-11(18)23-6-10(7)24-17(12-8(19)3-2-4-9(12)20)25-13(15)14(26-27)16(21)22/h2-6,16,28H,1H3,(H,24,25). The lowest BCUT2D eigenvalue weighted by atomic mass is 10.1. The highest BCUT2D eigenvalue weighted by Crippen LogP contribution is 2.45. The number of pyridine rings is 1. The molecule has 2 aromatic heterocycles. The second-order valence-corrected chi connectivity index (χ2v) is 7.44. The molecule has 0 spiro atoms. The number of alkyl halides is 2. The summed E-state index contributed by atoms with van der Waals surface area (Å²) in [7, 11) is 0.0336. The number of benzene rings is 1. The lowest BCUT2D eigenvalue weighted by Crippen LogP contribution is -2.17. The van der Waals surface area contributed by atoms with Crippen LogP contribution in [0, 0.1) is 11.6 Å². The van der Waals surface area contributed by atoms with E-state index in [2.05, 4.69) is 36.3 Å². The molecule has 1 unspecified atom stereocenters. The van der Waals surface area contributed by atoms with Gasteiger partial charge in [0.2, 0.25) is 0 Å². The van der Waals surface area contributed by atoms with Crippen molar-refractivity contribution in [1.82, 2.24) is 14.5 Å². The van der Waals surface area contributed by atoms with Crippen LogP contribution in [-0.2, 0) is 0 Å². The van der Waals surface area contributed by atoms with Crippen molar-refractivity contribution in [3.63, 3.8) is 0 Å². The summed E-state index contributed by atoms with van der Waals surface area (Å²) in [4.78, 5) is 8.30. The van der Waals surface area contributed by atoms with Crippen LogP contribution >= 0.6 is 24.7 Å². The van der Waals surface area contributed by atoms with Gasteiger partial charge in [0.05, 0.1) is 17.4 Å². The molecule has 11 heteroatoms. The number of hydrogen-bond acceptors (Lipinski definition) is 4. The Morgan fingerprint density at radius 3 is 2.57 bits per heavy atom. The number of anilines is 1. The third-order valence-corrected chi connectivity index (χ3v) is 5.29. The zero-order valence-corrected chi connectivity index (χ0v) is 16.7. The smallest absolute Gasteiger partial charge is 0.284 e. The summed E-state index contributed by atoms with van der Waals surface area (Å²) in [6.45, 7) is 1.78. The van der Waals surface area contributed by atoms with Crippen molar-refractivity contribution in [2.45, 2.75) is 6.43 Å². The summed E-state index contributed by atoms with van der Waals surface area (Å²) < 4.78 is 57.9. The van der Waals surface area contributed by atoms with E-state index in [1.54, 1.807) is 12.7 Å². The van der Waals surface area contributed by atoms with Crippen LogP contribution in [0.5, 0.6) is 0 Å². The maximum Gasteiger partial charge on any atom is 0.284 e. The summed E-state index contributed by atoms with van der Waals surface area (Å²) >= 11 is 3.26. The molecule has 1 N–H and O–H groups in total. The molecule has 144 valence electrons. The van der Waals surface area contributed by atoms with Crippen LogP contribution in [-0.4, -0.2) is 27.0 Å². The van der Waals surface area contributed by atoms with Gasteiger partial charge in [-0.2, -0.15) is 5.10 Å². The third kappa shape index (κ3) is 3.10. The molecule has 0 amide bonds. The summed E-state index contributed by atoms with van der Waals surface area (Å²) in [5.74, 6) is -1.98. The van der Waals surface area contributed by atoms with Crippen LogP contribution in [0.15, 0.2) is 40.1 Å². The Morgan fingerprint density at radius 2 is 1.93 bits per heavy atom. The van der Waals surface area contributed by atoms with Crippen LogP contribution in [0.4, 0.5) is 28.9 Å². The molecule has 1 aromatic carbocycles. The van der Waals surface area contributed by atoms with E-state index >= 15 is 0 Å². The van der Waals surface area contributed by atoms with E-state index in [9.17, 15) is 17.6 Å². The van der Waals surface area contributed by atoms with Gasteiger partial charge in [-0.3, -0.25) is 0 Å². The van der Waals surface area contributed by atoms with Gasteiger partial charge in [0.15, 0.2) is 5.69 Å². The second kappa shape index (κ2) is 7.25. The molecule has 0 aliphatic carbocycles. The molecular formula is C17H11BrF4N5P. The van der Waals surface area contributed by atoms with Crippen molar-refractivity contribution in [1.29, 1.82) is 0 Å². The van der Waals surface area contributed by atoms with E-state index in [1.807, 2.05) is 0 Å². The number of amidine groups is 1. The predicted molar refractivity (Wildman–Crippen MR) is 104 cm³/mol. The number of fused-ring (bicyclic) bond motifs is 3. The molecule has 5 nitrogen and oxygen atoms in total. The van der Waals surface area contributed by atoms with Gasteiger partial charge in [-0.1, -0.05) is 6.07 Å². The lowest BCUT2D eigenvalue weighted by molar-refractivity contribution is 0.146. The first kappa shape index (κ1) is 19.0. The summed E-state index contributed by atoms with van der Waals surface area (Å²) in [5, 5.41) is 6.81. The lowest BCUT2D eigenvalue weighted by Gasteiger charge is -2.12. The molecule has 1 aliphatic heterocycles. The van der Waals surface area contributed by atoms with Crippen molar-refractivity contribution in [3.05, 3.63) is 58.0 Å². The van der Waals surface area contributed by atoms with Gasteiger partial charge < -0.3 is 5.32 Å². The van der Waals surface area contributed by atoms with Gasteiger partial charge >= 0.3 is 0 Å². The zero-order chi connectivity index (χ0) is 20.0. The molecule has 0 bridgehead atoms. The van der Waals surface area contributed by atoms with E-state index in [0.29, 0.717) is 21.5 Å². The van der Waals surface area contributed by atoms with Crippen molar-refractivity contribution in [2.75, 3.05) is 12.0 Å². The highest BCUT2D eigenvalue weighted by Gasteiger charge is 2.30. The Morgan fingerprint density at radius 1 is 1.21 bits per heavy atom. The van der Waals surface area contributed by atoms with E-state index in [-0.39, 0.29) is 20.3 Å². The average molecular weight is 472 g/mol. The number of rotatable bonds is 3. The second-order valence-electron chi connectivity index (χ2n) is 5.75. The highest BCUT2D eigenvalue weighted by molar-refractivity contribution is 9.10. The molecule has 0 fully saturated rings. The number of aliphatic imine (C=N–C) groups is 1. The first-order chi connectivity index (χ1) is 13.4. The van der Waals surface area contributed by atoms with Crippen LogP contribution in [0.3, 0.4) is 0 Å². The number of halogens is 5. The molecule has 3 aromatic rings. The molecule has 4 rings (SSSR count). The molecule has 0 radical (unpaired) electrons. The maximum absolute atomic E-state index is 14.4. The molecule has 1 aliphatic rings. The van der Waals surface area contributed by atoms with E-state index in [1.165, 1.54) is 16.7 Å². The zero-order valence-electron chi connectivity index (χ0n) is 14.1. The van der Waals surface area contributed by atoms with Crippen LogP contribution < -0.4 is 5.32 Å². The Bertz CT molecular complexity index is 1090. The average Bonchev–Trinajstić information content (AvgIpc) is 2.93. The third-order valence-electron chi connectivity index (χ3n) is 4.11. The first-order valence-electron chi connectivity index (χ1n) is 7.95. The highest BCUT2D eigenvalue weighted by atomic mass is 79.9. The minimum atomic E-state index is -2.91. The molecule has 1 atom stereocenters. The van der Waals surface area contributed by atoms with Crippen LogP contribution in [0.1, 0.15) is 17.7 Å². The van der Waals surface area contributed by atoms with Crippen molar-refractivity contribution in [2.24, 2.45) is 4.99 Å². The summed E-state index contributed by atoms with van der Waals surface area (Å²) in [6.07, 6.45) is -1.48. The molecular weight excluding hydrogens is 461 g/mol. The quantitative estimate of drug-likeness (QED) is 0.311. The molecule has 3 heterocycles. The van der Waals surface area contributed by atoms with Gasteiger partial charge in [-0.05, 0) is 40.8 Å². The van der Waals surface area contributed by atoms with Gasteiger partial charge in [-0.25, -0.2) is 32.0 Å². The maximum atomic E-state index is 14.4. The van der Waals surface area contributed by atoms with Crippen molar-refractivity contribution in [3.8, 4) is 11.3 Å². The molecule has 0 saturated heterocycles. The van der Waals surface area contributed by atoms with Gasteiger partial charge in [0.25, 0.3) is 6.43 Å². The largest absolute Gasteiger partial charge is 0.338 e. The van der Waals surface area contributed by atoms with Gasteiger partial charge in [0.1, 0.15) is 33.5 Å². The fraction of sp³-hybridized carbons (Fsp3) is 0.118. The van der Waals surface area contributed by atoms with Crippen molar-refractivity contribution >= 4 is 41.9 Å². The van der Waals surface area contributed by atoms with E-state index in [4.69, 9.17) is 0 Å². The molecule has 0 saturated carbocycles. The number of nitrogens with one attached hydrogen (secondary N) is 1. The SMILES string of the molecule is CPn1nc(C(F)F)c2c1-c1cc(Br)ncc1NC(c1c(F)cccc1F)=N2. The fourth-order valence-corrected chi connectivity index (χ4v) is 3.91. The first-order valence-corrected chi connectivity index (χ1v) is 10.2. The van der Waals surface area contributed by atoms with Crippen LogP contribution in [0.25, 0.3) is 11.3 Å². The summed E-state index contributed by atoms with van der Waals surface area (Å²) in [5.41, 5.74) is 0.0434. The number of nitrogens with zero attached hydrogens (tertiary/aromatic N) is 4. The molecule has 28 heavy (non-hydrogen) atoms. The Kier molecular flexibility index (Phi) is 4.93. The minimum Gasteiger partial charge on any atom is -0.338 e. The van der Waals surface area contributed by atoms with E-state index in [0.717, 1.165) is 12.1 Å². The topological polar surface area (TPSA) is 55.1 Å². The number of hydrogen-bond donors (Lipinski definition) is 1. The monoisotopic (exact) mass is 471 g/mol. The predicted octanol–water partition coefficient (Wildman–Crippen LogP) is 5.50. The fourth-order valence-electron chi connectivity index (χ4n) is 2.92. The Hall–Kier alpha value is -2.32. The Balaban J connectivity index is 2.08. The normalized spacial score (nSPS) is 13.3. The Labute approximate surface area is 166 Å². The van der Waals surface area contributed by atoms with E-state index < -0.39 is 29.3 Å². The summed E-state index contributed by atoms with van der Waals surface area (Å²) in [6, 6.07) is 4.97. The van der Waals surface area contributed by atoms with Gasteiger partial charge in [0, 0.05) is 14.3 Å². The van der Waals surface area contributed by atoms with Crippen molar-refractivity contribution < 1.29 is 17.6 Å². The minimum absolute atomic E-state index is 0.0336. The van der Waals surface area contributed by atoms with Crippen LogP contribution in [0.2, 0.25) is 0 Å². The number of aromatic nitrogens is 3.